The van der Waals surface area contributed by atoms with E-state index in [-0.39, 0.29) is 0 Å². The molecular weight excluding hydrogens is 294 g/mol. The van der Waals surface area contributed by atoms with Crippen LogP contribution in [0.25, 0.3) is 0 Å². The summed E-state index contributed by atoms with van der Waals surface area (Å²) in [6, 6.07) is 20.0. The molecule has 0 saturated carbocycles. The molecule has 0 saturated heterocycles. The second kappa shape index (κ2) is 9.48. The summed E-state index contributed by atoms with van der Waals surface area (Å²) in [6.07, 6.45) is 2.31. The Labute approximate surface area is 147 Å². The molecule has 0 aliphatic carbocycles. The Morgan fingerprint density at radius 2 is 1.42 bits per heavy atom. The van der Waals surface area contributed by atoms with Crippen molar-refractivity contribution in [3.8, 4) is 5.75 Å². The second-order valence-corrected chi connectivity index (χ2v) is 6.95. The number of aryl methyl sites for hydroxylation is 1. The van der Waals surface area contributed by atoms with Gasteiger partial charge in [-0.3, -0.25) is 4.90 Å². The van der Waals surface area contributed by atoms with Gasteiger partial charge in [-0.1, -0.05) is 42.5 Å². The molecule has 0 aliphatic heterocycles. The molecule has 2 heteroatoms. The molecule has 0 amide bonds. The van der Waals surface area contributed by atoms with E-state index >= 15 is 0 Å². The Kier molecular flexibility index (Phi) is 7.33. The van der Waals surface area contributed by atoms with Crippen LogP contribution in [0.5, 0.6) is 5.75 Å². The quantitative estimate of drug-likeness (QED) is 0.619. The molecule has 0 N–H and O–H groups in total. The van der Waals surface area contributed by atoms with E-state index in [1.54, 1.807) is 0 Å². The molecule has 0 heterocycles. The maximum Gasteiger partial charge on any atom is 0.119 e. The average Bonchev–Trinajstić information content (AvgIpc) is 2.58. The maximum absolute atomic E-state index is 5.84. The van der Waals surface area contributed by atoms with Crippen LogP contribution >= 0.6 is 0 Å². The summed E-state index contributed by atoms with van der Waals surface area (Å²) < 4.78 is 5.84. The van der Waals surface area contributed by atoms with E-state index in [0.29, 0.717) is 18.7 Å². The molecule has 2 aromatic rings. The molecule has 0 aliphatic rings. The smallest absolute Gasteiger partial charge is 0.119 e. The highest BCUT2D eigenvalue weighted by atomic mass is 16.5. The van der Waals surface area contributed by atoms with Gasteiger partial charge in [0.25, 0.3) is 0 Å². The molecule has 0 radical (unpaired) electrons. The largest absolute Gasteiger partial charge is 0.489 e. The van der Waals surface area contributed by atoms with Crippen LogP contribution in [0.1, 0.15) is 45.2 Å². The molecule has 0 fully saturated rings. The fourth-order valence-corrected chi connectivity index (χ4v) is 3.07. The molecule has 0 unspecified atom stereocenters. The number of ether oxygens (including phenoxy) is 1. The zero-order valence-corrected chi connectivity index (χ0v) is 15.5. The van der Waals surface area contributed by atoms with Crippen LogP contribution in [0, 0.1) is 0 Å². The van der Waals surface area contributed by atoms with Crippen molar-refractivity contribution in [3.05, 3.63) is 65.7 Å². The summed E-state index contributed by atoms with van der Waals surface area (Å²) in [4.78, 5) is 2.55. The third-order valence-electron chi connectivity index (χ3n) is 4.38. The number of benzene rings is 2. The van der Waals surface area contributed by atoms with Crippen LogP contribution in [-0.4, -0.2) is 23.5 Å². The lowest BCUT2D eigenvalue weighted by Crippen LogP contribution is -2.37. The van der Waals surface area contributed by atoms with Crippen LogP contribution in [0.15, 0.2) is 54.6 Å². The summed E-state index contributed by atoms with van der Waals surface area (Å²) in [7, 11) is 0. The van der Waals surface area contributed by atoms with Gasteiger partial charge in [0.1, 0.15) is 12.4 Å². The zero-order valence-electron chi connectivity index (χ0n) is 15.5. The Morgan fingerprint density at radius 3 is 2.00 bits per heavy atom. The molecular formula is C22H31NO. The van der Waals surface area contributed by atoms with Crippen molar-refractivity contribution < 1.29 is 4.74 Å². The number of hydrogen-bond acceptors (Lipinski definition) is 2. The van der Waals surface area contributed by atoms with Crippen molar-refractivity contribution in [2.75, 3.05) is 6.54 Å². The summed E-state index contributed by atoms with van der Waals surface area (Å²) in [6.45, 7) is 10.9. The Hall–Kier alpha value is -1.80. The monoisotopic (exact) mass is 325 g/mol. The van der Waals surface area contributed by atoms with Crippen LogP contribution < -0.4 is 4.74 Å². The fourth-order valence-electron chi connectivity index (χ4n) is 3.07. The van der Waals surface area contributed by atoms with E-state index in [1.807, 2.05) is 18.2 Å². The SMILES string of the molecule is CC(C)N(CCCc1ccc(OCc2ccccc2)cc1)C(C)C. The molecule has 0 atom stereocenters. The van der Waals surface area contributed by atoms with E-state index in [0.717, 1.165) is 18.7 Å². The van der Waals surface area contributed by atoms with Crippen LogP contribution in [0.4, 0.5) is 0 Å². The van der Waals surface area contributed by atoms with E-state index < -0.39 is 0 Å². The van der Waals surface area contributed by atoms with Gasteiger partial charge in [0.05, 0.1) is 0 Å². The minimum absolute atomic E-state index is 0.610. The molecule has 24 heavy (non-hydrogen) atoms. The number of hydrogen-bond donors (Lipinski definition) is 0. The molecule has 0 aromatic heterocycles. The summed E-state index contributed by atoms with van der Waals surface area (Å²) in [5.41, 5.74) is 2.58. The molecule has 2 aromatic carbocycles. The highest BCUT2D eigenvalue weighted by Gasteiger charge is 2.12. The van der Waals surface area contributed by atoms with Crippen LogP contribution in [-0.2, 0) is 13.0 Å². The standard InChI is InChI=1S/C22H31NO/c1-18(2)23(19(3)4)16-8-11-20-12-14-22(15-13-20)24-17-21-9-6-5-7-10-21/h5-7,9-10,12-15,18-19H,8,11,16-17H2,1-4H3. The maximum atomic E-state index is 5.84. The van der Waals surface area contributed by atoms with Crippen molar-refractivity contribution in [2.24, 2.45) is 0 Å². The fraction of sp³-hybridized carbons (Fsp3) is 0.455. The Morgan fingerprint density at radius 1 is 0.792 bits per heavy atom. The lowest BCUT2D eigenvalue weighted by molar-refractivity contribution is 0.173. The van der Waals surface area contributed by atoms with Crippen molar-refractivity contribution in [1.29, 1.82) is 0 Å². The van der Waals surface area contributed by atoms with E-state index in [4.69, 9.17) is 4.74 Å². The predicted octanol–water partition coefficient (Wildman–Crippen LogP) is 5.32. The first-order valence-electron chi connectivity index (χ1n) is 9.07. The van der Waals surface area contributed by atoms with Crippen LogP contribution in [0.2, 0.25) is 0 Å². The van der Waals surface area contributed by atoms with E-state index in [1.165, 1.54) is 17.5 Å². The Bertz CT molecular complexity index is 567. The predicted molar refractivity (Wildman–Crippen MR) is 103 cm³/mol. The third kappa shape index (κ3) is 6.01. The lowest BCUT2D eigenvalue weighted by atomic mass is 10.1. The zero-order chi connectivity index (χ0) is 17.4. The van der Waals surface area contributed by atoms with Gasteiger partial charge in [-0.25, -0.2) is 0 Å². The van der Waals surface area contributed by atoms with Gasteiger partial charge >= 0.3 is 0 Å². The molecule has 2 nitrogen and oxygen atoms in total. The van der Waals surface area contributed by atoms with Gasteiger partial charge in [-0.15, -0.1) is 0 Å². The van der Waals surface area contributed by atoms with Crippen molar-refractivity contribution in [2.45, 2.75) is 59.2 Å². The number of nitrogens with zero attached hydrogens (tertiary/aromatic N) is 1. The molecule has 0 spiro atoms. The first kappa shape index (κ1) is 18.5. The molecule has 2 rings (SSSR count). The van der Waals surface area contributed by atoms with E-state index in [2.05, 4.69) is 69.0 Å². The average molecular weight is 325 g/mol. The normalized spacial score (nSPS) is 11.5. The highest BCUT2D eigenvalue weighted by Crippen LogP contribution is 2.16. The second-order valence-electron chi connectivity index (χ2n) is 6.95. The molecule has 0 bridgehead atoms. The van der Waals surface area contributed by atoms with Gasteiger partial charge in [0, 0.05) is 12.1 Å². The topological polar surface area (TPSA) is 12.5 Å². The van der Waals surface area contributed by atoms with Gasteiger partial charge in [0.2, 0.25) is 0 Å². The number of rotatable bonds is 9. The lowest BCUT2D eigenvalue weighted by Gasteiger charge is -2.30. The minimum Gasteiger partial charge on any atom is -0.489 e. The van der Waals surface area contributed by atoms with Crippen molar-refractivity contribution >= 4 is 0 Å². The first-order chi connectivity index (χ1) is 11.6. The summed E-state index contributed by atoms with van der Waals surface area (Å²) in [5.74, 6) is 0.939. The van der Waals surface area contributed by atoms with Crippen LogP contribution in [0.3, 0.4) is 0 Å². The highest BCUT2D eigenvalue weighted by molar-refractivity contribution is 5.28. The van der Waals surface area contributed by atoms with Gasteiger partial charge in [0.15, 0.2) is 0 Å². The van der Waals surface area contributed by atoms with E-state index in [9.17, 15) is 0 Å². The minimum atomic E-state index is 0.610. The summed E-state index contributed by atoms with van der Waals surface area (Å²) in [5, 5.41) is 0. The van der Waals surface area contributed by atoms with Gasteiger partial charge in [-0.2, -0.15) is 0 Å². The molecule has 130 valence electrons. The van der Waals surface area contributed by atoms with Gasteiger partial charge < -0.3 is 4.74 Å². The van der Waals surface area contributed by atoms with Gasteiger partial charge in [-0.05, 0) is 70.3 Å². The third-order valence-corrected chi connectivity index (χ3v) is 4.38. The first-order valence-corrected chi connectivity index (χ1v) is 9.07. The van der Waals surface area contributed by atoms with Crippen molar-refractivity contribution in [1.82, 2.24) is 4.90 Å². The summed E-state index contributed by atoms with van der Waals surface area (Å²) >= 11 is 0. The van der Waals surface area contributed by atoms with Crippen molar-refractivity contribution in [3.63, 3.8) is 0 Å². The Balaban J connectivity index is 1.77.